The Bertz CT molecular complexity index is 466. The molecule has 0 aromatic rings. The van der Waals surface area contributed by atoms with Gasteiger partial charge >= 0.3 is 6.09 Å². The maximum Gasteiger partial charge on any atom is 0.410 e. The lowest BCUT2D eigenvalue weighted by Gasteiger charge is -2.27. The van der Waals surface area contributed by atoms with Crippen molar-refractivity contribution in [1.82, 2.24) is 10.2 Å². The number of ether oxygens (including phenoxy) is 1. The molecule has 1 rings (SSSR count). The Morgan fingerprint density at radius 1 is 1.36 bits per heavy atom. The first-order valence-corrected chi connectivity index (χ1v) is 7.49. The molecule has 1 aliphatic heterocycles. The van der Waals surface area contributed by atoms with Crippen molar-refractivity contribution in [1.29, 1.82) is 0 Å². The molecular formula is C15H26N4O3. The van der Waals surface area contributed by atoms with Gasteiger partial charge in [-0.3, -0.25) is 15.0 Å². The summed E-state index contributed by atoms with van der Waals surface area (Å²) in [5, 5.41) is 2.62. The van der Waals surface area contributed by atoms with E-state index in [0.29, 0.717) is 13.0 Å². The lowest BCUT2D eigenvalue weighted by molar-refractivity contribution is -0.124. The van der Waals surface area contributed by atoms with E-state index in [9.17, 15) is 9.59 Å². The molecule has 1 fully saturated rings. The monoisotopic (exact) mass is 310 g/mol. The first-order valence-electron chi connectivity index (χ1n) is 7.49. The molecule has 2 amide bonds. The number of nitrogens with one attached hydrogen (secondary N) is 1. The number of hydrogen-bond donors (Lipinski definition) is 1. The van der Waals surface area contributed by atoms with Crippen LogP contribution in [0.15, 0.2) is 9.98 Å². The van der Waals surface area contributed by atoms with Crippen LogP contribution in [0.1, 0.15) is 47.5 Å². The van der Waals surface area contributed by atoms with Crippen molar-refractivity contribution in [2.45, 2.75) is 65.1 Å². The van der Waals surface area contributed by atoms with E-state index in [1.807, 2.05) is 13.8 Å². The molecule has 22 heavy (non-hydrogen) atoms. The first-order chi connectivity index (χ1) is 10.1. The summed E-state index contributed by atoms with van der Waals surface area (Å²) in [6.07, 6.45) is 0.881. The van der Waals surface area contributed by atoms with E-state index >= 15 is 0 Å². The zero-order valence-corrected chi connectivity index (χ0v) is 14.0. The number of likely N-dealkylation sites (tertiary alicyclic amines) is 1. The van der Waals surface area contributed by atoms with Crippen molar-refractivity contribution >= 4 is 24.7 Å². The van der Waals surface area contributed by atoms with Crippen molar-refractivity contribution in [3.8, 4) is 0 Å². The molecule has 1 N–H and O–H groups in total. The summed E-state index contributed by atoms with van der Waals surface area (Å²) in [4.78, 5) is 33.8. The molecule has 7 heteroatoms. The summed E-state index contributed by atoms with van der Waals surface area (Å²) >= 11 is 0. The second kappa shape index (κ2) is 7.38. The Hall–Kier alpha value is -1.92. The summed E-state index contributed by atoms with van der Waals surface area (Å²) in [6.45, 7) is 13.0. The largest absolute Gasteiger partial charge is 0.444 e. The molecule has 1 heterocycles. The Morgan fingerprint density at radius 3 is 2.50 bits per heavy atom. The lowest BCUT2D eigenvalue weighted by atomic mass is 10.2. The maximum atomic E-state index is 12.3. The Balaban J connectivity index is 2.75. The third kappa shape index (κ3) is 5.46. The summed E-state index contributed by atoms with van der Waals surface area (Å²) in [7, 11) is 0. The fraction of sp³-hybridized carbons (Fsp3) is 0.733. The van der Waals surface area contributed by atoms with Crippen molar-refractivity contribution in [2.75, 3.05) is 6.54 Å². The highest BCUT2D eigenvalue weighted by atomic mass is 16.6. The molecule has 7 nitrogen and oxygen atoms in total. The van der Waals surface area contributed by atoms with Gasteiger partial charge in [-0.05, 0) is 54.2 Å². The molecule has 0 unspecified atom stereocenters. The normalized spacial score (nSPS) is 19.3. The summed E-state index contributed by atoms with van der Waals surface area (Å²) in [6, 6.07) is -0.569. The van der Waals surface area contributed by atoms with Gasteiger partial charge in [-0.1, -0.05) is 0 Å². The molecule has 0 aromatic heterocycles. The molecule has 1 aliphatic rings. The van der Waals surface area contributed by atoms with Gasteiger partial charge in [0.25, 0.3) is 0 Å². The molecule has 1 atom stereocenters. The number of carbonyl (C=O) groups is 2. The third-order valence-corrected chi connectivity index (χ3v) is 2.95. The van der Waals surface area contributed by atoms with Gasteiger partial charge in [0, 0.05) is 12.6 Å². The van der Waals surface area contributed by atoms with Crippen molar-refractivity contribution in [3.63, 3.8) is 0 Å². The predicted molar refractivity (Wildman–Crippen MR) is 86.2 cm³/mol. The molecule has 0 spiro atoms. The fourth-order valence-corrected chi connectivity index (χ4v) is 2.13. The lowest BCUT2D eigenvalue weighted by Crippen LogP contribution is -2.48. The minimum Gasteiger partial charge on any atom is -0.444 e. The van der Waals surface area contributed by atoms with Crippen molar-refractivity contribution in [2.24, 2.45) is 9.98 Å². The van der Waals surface area contributed by atoms with Gasteiger partial charge in [-0.25, -0.2) is 14.8 Å². The molecule has 1 saturated heterocycles. The van der Waals surface area contributed by atoms with Crippen LogP contribution >= 0.6 is 0 Å². The van der Waals surface area contributed by atoms with E-state index in [-0.39, 0.29) is 17.9 Å². The van der Waals surface area contributed by atoms with Crippen LogP contribution in [0, 0.1) is 0 Å². The molecule has 0 aliphatic carbocycles. The molecule has 0 radical (unpaired) electrons. The van der Waals surface area contributed by atoms with Gasteiger partial charge < -0.3 is 4.74 Å². The molecular weight excluding hydrogens is 284 g/mol. The van der Waals surface area contributed by atoms with Gasteiger partial charge in [-0.15, -0.1) is 0 Å². The topological polar surface area (TPSA) is 83.4 Å². The van der Waals surface area contributed by atoms with E-state index in [1.165, 1.54) is 4.90 Å². The minimum absolute atomic E-state index is 0.00802. The fourth-order valence-electron chi connectivity index (χ4n) is 2.13. The number of nitrogens with zero attached hydrogens (tertiary/aromatic N) is 3. The SMILES string of the molecule is C=NC(=NC(C)C)NC(=O)[C@@H]1CCCN1C(=O)OC(C)(C)C. The number of carbonyl (C=O) groups excluding carboxylic acids is 2. The standard InChI is InChI=1S/C15H26N4O3/c1-10(2)17-13(16-6)18-12(20)11-8-7-9-19(11)14(21)22-15(3,4)5/h10-11H,6-9H2,1-5H3,(H,17,18,20)/t11-/m0/s1. The summed E-state index contributed by atoms with van der Waals surface area (Å²) in [5.74, 6) is -0.133. The number of amides is 2. The van der Waals surface area contributed by atoms with Crippen LogP contribution in [0.5, 0.6) is 0 Å². The van der Waals surface area contributed by atoms with Crippen LogP contribution in [0.3, 0.4) is 0 Å². The Kier molecular flexibility index (Phi) is 6.08. The zero-order chi connectivity index (χ0) is 16.9. The average molecular weight is 310 g/mol. The quantitative estimate of drug-likeness (QED) is 0.625. The van der Waals surface area contributed by atoms with Gasteiger partial charge in [0.05, 0.1) is 0 Å². The van der Waals surface area contributed by atoms with E-state index < -0.39 is 17.7 Å². The predicted octanol–water partition coefficient (Wildman–Crippen LogP) is 1.97. The van der Waals surface area contributed by atoms with Crippen LogP contribution in [-0.4, -0.2) is 53.8 Å². The highest BCUT2D eigenvalue weighted by Gasteiger charge is 2.36. The van der Waals surface area contributed by atoms with Gasteiger partial charge in [0.2, 0.25) is 11.9 Å². The second-order valence-corrected chi connectivity index (χ2v) is 6.53. The van der Waals surface area contributed by atoms with E-state index in [4.69, 9.17) is 4.74 Å². The average Bonchev–Trinajstić information content (AvgIpc) is 2.84. The Morgan fingerprint density at radius 2 is 2.00 bits per heavy atom. The van der Waals surface area contributed by atoms with Crippen LogP contribution in [0.4, 0.5) is 4.79 Å². The Labute approximate surface area is 131 Å². The maximum absolute atomic E-state index is 12.3. The van der Waals surface area contributed by atoms with E-state index in [2.05, 4.69) is 22.0 Å². The highest BCUT2D eigenvalue weighted by molar-refractivity contribution is 6.01. The van der Waals surface area contributed by atoms with Crippen molar-refractivity contribution in [3.05, 3.63) is 0 Å². The molecule has 0 saturated carbocycles. The van der Waals surface area contributed by atoms with E-state index in [0.717, 1.165) is 6.42 Å². The third-order valence-electron chi connectivity index (χ3n) is 2.95. The number of rotatable bonds is 2. The second-order valence-electron chi connectivity index (χ2n) is 6.53. The summed E-state index contributed by atoms with van der Waals surface area (Å²) < 4.78 is 5.34. The summed E-state index contributed by atoms with van der Waals surface area (Å²) in [5.41, 5.74) is -0.590. The van der Waals surface area contributed by atoms with Gasteiger partial charge in [0.15, 0.2) is 0 Å². The zero-order valence-electron chi connectivity index (χ0n) is 14.0. The van der Waals surface area contributed by atoms with Crippen molar-refractivity contribution < 1.29 is 14.3 Å². The molecule has 0 aromatic carbocycles. The van der Waals surface area contributed by atoms with Gasteiger partial charge in [-0.2, -0.15) is 0 Å². The number of aliphatic imine (C=N–C) groups is 2. The highest BCUT2D eigenvalue weighted by Crippen LogP contribution is 2.21. The number of guanidine groups is 1. The van der Waals surface area contributed by atoms with E-state index in [1.54, 1.807) is 20.8 Å². The van der Waals surface area contributed by atoms with Crippen LogP contribution in [0.2, 0.25) is 0 Å². The van der Waals surface area contributed by atoms with Gasteiger partial charge in [0.1, 0.15) is 11.6 Å². The molecule has 124 valence electrons. The van der Waals surface area contributed by atoms with Crippen LogP contribution < -0.4 is 5.32 Å². The number of hydrogen-bond acceptors (Lipinski definition) is 4. The van der Waals surface area contributed by atoms with Crippen LogP contribution in [0.25, 0.3) is 0 Å². The first kappa shape index (κ1) is 18.1. The molecule has 0 bridgehead atoms. The smallest absolute Gasteiger partial charge is 0.410 e. The van der Waals surface area contributed by atoms with Crippen LogP contribution in [-0.2, 0) is 9.53 Å². The minimum atomic E-state index is -0.590.